The van der Waals surface area contributed by atoms with E-state index in [2.05, 4.69) is 87.5 Å². The van der Waals surface area contributed by atoms with Gasteiger partial charge in [-0.05, 0) is 270 Å². The molecule has 0 amide bonds. The van der Waals surface area contributed by atoms with Gasteiger partial charge < -0.3 is 59.5 Å². The van der Waals surface area contributed by atoms with Crippen molar-refractivity contribution in [3.05, 3.63) is 139 Å². The Kier molecular flexibility index (Phi) is 19.2. The molecule has 10 heterocycles. The first-order chi connectivity index (χ1) is 40.0. The van der Waals surface area contributed by atoms with Crippen LogP contribution in [0.25, 0.3) is 88.7 Å². The first kappa shape index (κ1) is 62.8. The van der Waals surface area contributed by atoms with Crippen LogP contribution in [0.3, 0.4) is 0 Å². The third-order valence-corrected chi connectivity index (χ3v) is 17.3. The van der Waals surface area contributed by atoms with Crippen molar-refractivity contribution >= 4 is 113 Å². The molecule has 4 aliphatic heterocycles. The van der Waals surface area contributed by atoms with E-state index in [1.54, 1.807) is 0 Å². The topological polar surface area (TPSA) is 275 Å². The molecule has 0 unspecified atom stereocenters. The van der Waals surface area contributed by atoms with Crippen molar-refractivity contribution in [2.24, 2.45) is 0 Å². The Morgan fingerprint density at radius 3 is 0.824 bits per heavy atom. The largest absolute Gasteiger partial charge is 4.00 e. The molecule has 16 nitrogen and oxygen atoms in total. The molecule has 0 aliphatic carbocycles. The zero-order valence-electron chi connectivity index (χ0n) is 50.7. The maximum atomic E-state index is 11.4. The van der Waals surface area contributed by atoms with Gasteiger partial charge in [0.05, 0.1) is 45.6 Å². The van der Waals surface area contributed by atoms with Crippen LogP contribution < -0.4 is 20.4 Å². The molecule has 0 spiro atoms. The van der Waals surface area contributed by atoms with Crippen molar-refractivity contribution in [3.63, 3.8) is 0 Å². The van der Waals surface area contributed by atoms with E-state index in [0.717, 1.165) is 182 Å². The minimum atomic E-state index is -1.12. The minimum absolute atomic E-state index is 0. The number of aromatic amines is 4. The van der Waals surface area contributed by atoms with Crippen LogP contribution in [0, 0.1) is 27.7 Å². The predicted molar refractivity (Wildman–Crippen MR) is 325 cm³/mol. The Balaban J connectivity index is 0.000000219. The fourth-order valence-corrected chi connectivity index (χ4v) is 12.4. The Hall–Kier alpha value is -8.21. The standard InChI is InChI=1S/2C34H38N4O4.Ti/c2*1-7-21-17(3)25-13-26-19(5)23(9-11-33(39)40)31(37-26)16-32-24(10-12-34(41)42)20(6)28(38-32)15-30-22(8-2)18(4)27(36-30)14-29(21)35-25;/h2*13-16,35,38H,7-12H2,1-6H3,(H,39,40)(H,41,42);/q;;+4/p-4. The maximum Gasteiger partial charge on any atom is 4.00 e. The van der Waals surface area contributed by atoms with E-state index >= 15 is 0 Å². The van der Waals surface area contributed by atoms with E-state index in [1.165, 1.54) is 11.1 Å². The Morgan fingerprint density at radius 2 is 0.541 bits per heavy atom. The van der Waals surface area contributed by atoms with Crippen LogP contribution in [0.2, 0.25) is 0 Å². The van der Waals surface area contributed by atoms with E-state index in [1.807, 2.05) is 64.1 Å². The van der Waals surface area contributed by atoms with Gasteiger partial charge in [-0.3, -0.25) is 0 Å². The van der Waals surface area contributed by atoms with Gasteiger partial charge in [0.25, 0.3) is 0 Å². The summed E-state index contributed by atoms with van der Waals surface area (Å²) >= 11 is 0. The van der Waals surface area contributed by atoms with Crippen molar-refractivity contribution in [1.82, 2.24) is 39.9 Å². The number of hydrogen-bond donors (Lipinski definition) is 4. The molecule has 0 radical (unpaired) electrons. The van der Waals surface area contributed by atoms with Gasteiger partial charge in [0.15, 0.2) is 0 Å². The van der Waals surface area contributed by atoms with Crippen LogP contribution in [-0.2, 0) is 66.6 Å². The van der Waals surface area contributed by atoms with Gasteiger partial charge in [-0.2, -0.15) is 0 Å². The number of aryl methyl sites for hydroxylation is 8. The molecule has 0 saturated heterocycles. The molecule has 4 N–H and O–H groups in total. The number of carbonyl (C=O) groups excluding carboxylic acids is 4. The molecule has 85 heavy (non-hydrogen) atoms. The number of H-pyrrole nitrogens is 4. The van der Waals surface area contributed by atoms with E-state index < -0.39 is 23.9 Å². The predicted octanol–water partition coefficient (Wildman–Crippen LogP) is 9.95. The van der Waals surface area contributed by atoms with Gasteiger partial charge in [-0.25, -0.2) is 19.9 Å². The average Bonchev–Trinajstić information content (AvgIpc) is 1.94. The van der Waals surface area contributed by atoms with Crippen LogP contribution in [0.4, 0.5) is 0 Å². The number of nitrogens with zero attached hydrogens (tertiary/aromatic N) is 4. The summed E-state index contributed by atoms with van der Waals surface area (Å²) in [5.41, 5.74) is 29.8. The molecule has 0 fully saturated rings. The molecule has 0 aromatic carbocycles. The molecule has 16 bridgehead atoms. The van der Waals surface area contributed by atoms with E-state index in [-0.39, 0.29) is 73.1 Å². The summed E-state index contributed by atoms with van der Waals surface area (Å²) in [7, 11) is 0. The normalized spacial score (nSPS) is 13.1. The number of carbonyl (C=O) groups is 4. The second-order valence-electron chi connectivity index (χ2n) is 22.2. The number of aliphatic carboxylic acids is 4. The van der Waals surface area contributed by atoms with E-state index in [9.17, 15) is 39.6 Å². The fourth-order valence-electron chi connectivity index (χ4n) is 12.4. The zero-order chi connectivity index (χ0) is 60.6. The first-order valence-electron chi connectivity index (χ1n) is 29.1. The van der Waals surface area contributed by atoms with Crippen molar-refractivity contribution in [3.8, 4) is 0 Å². The van der Waals surface area contributed by atoms with Crippen molar-refractivity contribution in [1.29, 1.82) is 0 Å². The first-order valence-corrected chi connectivity index (χ1v) is 29.1. The molecule has 436 valence electrons. The number of fused-ring (bicyclic) bond motifs is 16. The smallest absolute Gasteiger partial charge is 0.550 e. The molecule has 4 aliphatic rings. The Bertz CT molecular complexity index is 3980. The number of carboxylic acids is 4. The van der Waals surface area contributed by atoms with Crippen molar-refractivity contribution < 1.29 is 61.3 Å². The number of rotatable bonds is 16. The minimum Gasteiger partial charge on any atom is -0.550 e. The van der Waals surface area contributed by atoms with Gasteiger partial charge in [0.1, 0.15) is 0 Å². The van der Waals surface area contributed by atoms with Gasteiger partial charge in [-0.1, -0.05) is 27.7 Å². The van der Waals surface area contributed by atoms with Crippen LogP contribution in [0.1, 0.15) is 197 Å². The van der Waals surface area contributed by atoms with Crippen molar-refractivity contribution in [2.45, 2.75) is 160 Å². The third kappa shape index (κ3) is 12.8. The Morgan fingerprint density at radius 1 is 0.318 bits per heavy atom. The van der Waals surface area contributed by atoms with Crippen LogP contribution >= 0.6 is 0 Å². The fraction of sp³-hybridized carbons (Fsp3) is 0.353. The van der Waals surface area contributed by atoms with Gasteiger partial charge >= 0.3 is 21.7 Å². The molecule has 17 heteroatoms. The molecule has 10 rings (SSSR count). The van der Waals surface area contributed by atoms with E-state index in [4.69, 9.17) is 19.9 Å². The number of nitrogens with one attached hydrogen (secondary N) is 4. The van der Waals surface area contributed by atoms with Crippen LogP contribution in [0.5, 0.6) is 0 Å². The second kappa shape index (κ2) is 26.0. The van der Waals surface area contributed by atoms with E-state index in [0.29, 0.717) is 11.4 Å². The van der Waals surface area contributed by atoms with Gasteiger partial charge in [0.2, 0.25) is 0 Å². The van der Waals surface area contributed by atoms with Gasteiger partial charge in [0, 0.05) is 68.0 Å². The second-order valence-corrected chi connectivity index (χ2v) is 22.2. The number of allylic oxidation sites excluding steroid dienone is 8. The maximum absolute atomic E-state index is 11.4. The molecular formula is C68H72N8O8Ti. The third-order valence-electron chi connectivity index (χ3n) is 17.3. The molecular weight excluding hydrogens is 1100 g/mol. The SMILES string of the molecule is CCC1=C(C)c2cc3[nH]c(cc4nc(cc5[nH]c(cc1n2)c(C)c5CCC(=O)[O-])C(CCC(=O)[O-])=C4C)c(C)c3CC.CCC1=C(C)c2cc3[nH]c(cc4nc(cc5[nH]c(cc1n2)c(C)c5CCC(=O)[O-])C(CCC(=O)[O-])=C4C)c(C)c3CC.[Ti+4]. The summed E-state index contributed by atoms with van der Waals surface area (Å²) in [5, 5.41) is 45.7. The molecule has 6 aromatic rings. The summed E-state index contributed by atoms with van der Waals surface area (Å²) < 4.78 is 0. The summed E-state index contributed by atoms with van der Waals surface area (Å²) in [6, 6.07) is 16.2. The van der Waals surface area contributed by atoms with Gasteiger partial charge in [-0.15, -0.1) is 0 Å². The summed E-state index contributed by atoms with van der Waals surface area (Å²) in [6.07, 6.45) is 3.96. The quantitative estimate of drug-likeness (QED) is 0.0659. The zero-order valence-corrected chi connectivity index (χ0v) is 52.2. The van der Waals surface area contributed by atoms with Crippen molar-refractivity contribution in [2.75, 3.05) is 0 Å². The summed E-state index contributed by atoms with van der Waals surface area (Å²) in [4.78, 5) is 80.0. The monoisotopic (exact) mass is 1180 g/mol. The molecule has 0 saturated carbocycles. The molecule has 0 atom stereocenters. The number of carboxylic acid groups (broad SMARTS) is 4. The van der Waals surface area contributed by atoms with Crippen LogP contribution in [-0.4, -0.2) is 63.7 Å². The summed E-state index contributed by atoms with van der Waals surface area (Å²) in [6.45, 7) is 24.8. The number of aromatic nitrogens is 8. The summed E-state index contributed by atoms with van der Waals surface area (Å²) in [5.74, 6) is -4.48. The molecule has 6 aromatic heterocycles. The number of hydrogen-bond acceptors (Lipinski definition) is 12. The Labute approximate surface area is 509 Å². The van der Waals surface area contributed by atoms with Crippen LogP contribution in [0.15, 0.2) is 48.5 Å². The average molecular weight is 1180 g/mol.